The summed E-state index contributed by atoms with van der Waals surface area (Å²) >= 11 is 0. The van der Waals surface area contributed by atoms with Crippen LogP contribution in [0.2, 0.25) is 0 Å². The van der Waals surface area contributed by atoms with Gasteiger partial charge in [-0.3, -0.25) is 0 Å². The van der Waals surface area contributed by atoms with Gasteiger partial charge in [0.05, 0.1) is 29.2 Å². The number of hydrogen-bond donors (Lipinski definition) is 2. The topological polar surface area (TPSA) is 67.7 Å². The van der Waals surface area contributed by atoms with Crippen LogP contribution in [0.3, 0.4) is 0 Å². The van der Waals surface area contributed by atoms with Crippen molar-refractivity contribution in [3.63, 3.8) is 0 Å². The van der Waals surface area contributed by atoms with Crippen LogP contribution in [0.5, 0.6) is 0 Å². The fourth-order valence-electron chi connectivity index (χ4n) is 5.80. The molecule has 1 unspecified atom stereocenters. The zero-order valence-electron chi connectivity index (χ0n) is 22.2. The maximum atomic E-state index is 9.17. The van der Waals surface area contributed by atoms with Gasteiger partial charge in [-0.25, -0.2) is 4.98 Å². The Balaban J connectivity index is 1.26. The van der Waals surface area contributed by atoms with Gasteiger partial charge in [0.2, 0.25) is 0 Å². The van der Waals surface area contributed by atoms with E-state index in [0.29, 0.717) is 17.4 Å². The van der Waals surface area contributed by atoms with Crippen molar-refractivity contribution in [1.29, 1.82) is 5.26 Å². The van der Waals surface area contributed by atoms with Crippen LogP contribution in [0, 0.1) is 17.2 Å². The molecule has 5 heteroatoms. The Bertz CT molecular complexity index is 1260. The van der Waals surface area contributed by atoms with Gasteiger partial charge in [-0.15, -0.1) is 0 Å². The van der Waals surface area contributed by atoms with Crippen molar-refractivity contribution in [2.75, 3.05) is 26.2 Å². The lowest BCUT2D eigenvalue weighted by Gasteiger charge is -2.38. The van der Waals surface area contributed by atoms with Gasteiger partial charge < -0.3 is 15.2 Å². The van der Waals surface area contributed by atoms with Gasteiger partial charge in [0, 0.05) is 31.7 Å². The zero-order chi connectivity index (χ0) is 26.2. The minimum Gasteiger partial charge on any atom is -0.347 e. The number of hydrogen-bond acceptors (Lipinski definition) is 4. The first-order valence-corrected chi connectivity index (χ1v) is 13.7. The Morgan fingerprint density at radius 3 is 2.32 bits per heavy atom. The fraction of sp³-hybridized carbons (Fsp3) is 0.333. The summed E-state index contributed by atoms with van der Waals surface area (Å²) in [5.74, 6) is 0.954. The maximum Gasteiger partial charge on any atom is 0.0991 e. The average Bonchev–Trinajstić information content (AvgIpc) is 3.53. The summed E-state index contributed by atoms with van der Waals surface area (Å²) in [6.45, 7) is 6.48. The monoisotopic (exact) mass is 503 g/mol. The summed E-state index contributed by atoms with van der Waals surface area (Å²) in [5, 5.41) is 13.1. The minimum absolute atomic E-state index is 0.274. The second kappa shape index (κ2) is 12.2. The van der Waals surface area contributed by atoms with Gasteiger partial charge in [0.15, 0.2) is 0 Å². The molecule has 1 aliphatic rings. The molecule has 5 nitrogen and oxygen atoms in total. The number of H-pyrrole nitrogens is 1. The van der Waals surface area contributed by atoms with E-state index in [1.807, 2.05) is 18.3 Å². The number of nitrogens with zero attached hydrogens (tertiary/aromatic N) is 3. The van der Waals surface area contributed by atoms with Crippen LogP contribution in [0.1, 0.15) is 53.6 Å². The third-order valence-electron chi connectivity index (χ3n) is 7.96. The molecule has 38 heavy (non-hydrogen) atoms. The first kappa shape index (κ1) is 25.9. The number of likely N-dealkylation sites (tertiary alicyclic amines) is 1. The Kier molecular flexibility index (Phi) is 8.33. The van der Waals surface area contributed by atoms with Gasteiger partial charge in [-0.2, -0.15) is 5.26 Å². The van der Waals surface area contributed by atoms with Crippen molar-refractivity contribution in [3.8, 4) is 6.07 Å². The van der Waals surface area contributed by atoms with Crippen molar-refractivity contribution in [2.45, 2.75) is 37.6 Å². The van der Waals surface area contributed by atoms with Gasteiger partial charge in [-0.1, -0.05) is 72.8 Å². The van der Waals surface area contributed by atoms with Crippen LogP contribution in [-0.2, 0) is 12.0 Å². The van der Waals surface area contributed by atoms with Gasteiger partial charge in [0.1, 0.15) is 0 Å². The minimum atomic E-state index is -0.274. The molecule has 2 atom stereocenters. The summed E-state index contributed by atoms with van der Waals surface area (Å²) in [6.07, 6.45) is 6.96. The highest BCUT2D eigenvalue weighted by Crippen LogP contribution is 2.29. The maximum absolute atomic E-state index is 9.17. The molecule has 5 rings (SSSR count). The first-order valence-electron chi connectivity index (χ1n) is 13.7. The molecule has 194 valence electrons. The Hall–Kier alpha value is -3.72. The average molecular weight is 504 g/mol. The molecular weight excluding hydrogens is 466 g/mol. The van der Waals surface area contributed by atoms with E-state index in [9.17, 15) is 0 Å². The number of nitriles is 1. The van der Waals surface area contributed by atoms with E-state index in [1.54, 1.807) is 6.33 Å². The van der Waals surface area contributed by atoms with Crippen LogP contribution in [0.4, 0.5) is 0 Å². The van der Waals surface area contributed by atoms with E-state index >= 15 is 0 Å². The fourth-order valence-corrected chi connectivity index (χ4v) is 5.80. The predicted octanol–water partition coefficient (Wildman–Crippen LogP) is 5.87. The normalized spacial score (nSPS) is 17.7. The molecular formula is C33H37N5. The van der Waals surface area contributed by atoms with E-state index in [0.717, 1.165) is 38.3 Å². The van der Waals surface area contributed by atoms with Gasteiger partial charge in [-0.05, 0) is 67.5 Å². The molecule has 0 bridgehead atoms. The first-order chi connectivity index (χ1) is 18.6. The van der Waals surface area contributed by atoms with E-state index < -0.39 is 0 Å². The van der Waals surface area contributed by atoms with Crippen LogP contribution in [0.25, 0.3) is 0 Å². The van der Waals surface area contributed by atoms with Gasteiger partial charge >= 0.3 is 0 Å². The second-order valence-electron chi connectivity index (χ2n) is 10.8. The van der Waals surface area contributed by atoms with E-state index in [4.69, 9.17) is 5.26 Å². The smallest absolute Gasteiger partial charge is 0.0991 e. The Morgan fingerprint density at radius 2 is 1.71 bits per heavy atom. The van der Waals surface area contributed by atoms with Crippen LogP contribution in [0.15, 0.2) is 97.5 Å². The molecule has 4 aromatic rings. The second-order valence-corrected chi connectivity index (χ2v) is 10.8. The number of piperidine rings is 1. The molecule has 1 aliphatic heterocycles. The highest BCUT2D eigenvalue weighted by molar-refractivity contribution is 5.34. The number of imidazole rings is 1. The molecule has 0 amide bonds. The molecule has 1 saturated heterocycles. The summed E-state index contributed by atoms with van der Waals surface area (Å²) in [6, 6.07) is 32.0. The lowest BCUT2D eigenvalue weighted by molar-refractivity contribution is 0.159. The molecule has 2 N–H and O–H groups in total. The lowest BCUT2D eigenvalue weighted by Crippen LogP contribution is -2.48. The van der Waals surface area contributed by atoms with Crippen LogP contribution in [-0.4, -0.2) is 41.0 Å². The zero-order valence-corrected chi connectivity index (χ0v) is 22.2. The molecule has 0 aliphatic carbocycles. The van der Waals surface area contributed by atoms with Crippen molar-refractivity contribution in [1.82, 2.24) is 20.2 Å². The van der Waals surface area contributed by atoms with E-state index in [2.05, 4.69) is 106 Å². The molecule has 0 spiro atoms. The van der Waals surface area contributed by atoms with Crippen LogP contribution >= 0.6 is 0 Å². The van der Waals surface area contributed by atoms with E-state index in [-0.39, 0.29) is 5.54 Å². The summed E-state index contributed by atoms with van der Waals surface area (Å²) in [5.41, 5.74) is 5.47. The van der Waals surface area contributed by atoms with Crippen LogP contribution < -0.4 is 5.32 Å². The molecule has 1 fully saturated rings. The van der Waals surface area contributed by atoms with Crippen molar-refractivity contribution in [3.05, 3.63) is 125 Å². The van der Waals surface area contributed by atoms with Crippen molar-refractivity contribution < 1.29 is 0 Å². The standard InChI is InChI=1S/C33H37N5/c1-33(32-22-35-25-36-32,19-26-14-16-27(20-34)17-15-26)37-21-28-9-8-18-38(23-28)24-31(29-10-4-2-5-11-29)30-12-6-3-7-13-30/h2-7,10-17,22,25,28,31,37H,8-9,18-19,21,23-24H2,1H3,(H,35,36)/t28-,33?/m0/s1. The summed E-state index contributed by atoms with van der Waals surface area (Å²) in [4.78, 5) is 10.3. The molecule has 1 aromatic heterocycles. The van der Waals surface area contributed by atoms with E-state index in [1.165, 1.54) is 29.5 Å². The molecule has 2 heterocycles. The number of rotatable bonds is 10. The number of nitrogens with one attached hydrogen (secondary N) is 2. The summed E-state index contributed by atoms with van der Waals surface area (Å²) in [7, 11) is 0. The quantitative estimate of drug-likeness (QED) is 0.284. The number of benzene rings is 3. The molecule has 0 saturated carbocycles. The lowest BCUT2D eigenvalue weighted by atomic mass is 9.87. The SMILES string of the molecule is CC(Cc1ccc(C#N)cc1)(NC[C@@H]1CCCN(CC(c2ccccc2)c2ccccc2)C1)c1cnc[nH]1. The Labute approximate surface area is 226 Å². The number of aromatic nitrogens is 2. The largest absolute Gasteiger partial charge is 0.347 e. The highest BCUT2D eigenvalue weighted by Gasteiger charge is 2.31. The van der Waals surface area contributed by atoms with Crippen molar-refractivity contribution in [2.24, 2.45) is 5.92 Å². The molecule has 0 radical (unpaired) electrons. The third-order valence-corrected chi connectivity index (χ3v) is 7.96. The van der Waals surface area contributed by atoms with Gasteiger partial charge in [0.25, 0.3) is 0 Å². The third kappa shape index (κ3) is 6.39. The molecule has 3 aromatic carbocycles. The predicted molar refractivity (Wildman–Crippen MR) is 153 cm³/mol. The Morgan fingerprint density at radius 1 is 1.03 bits per heavy atom. The van der Waals surface area contributed by atoms with Crippen molar-refractivity contribution >= 4 is 0 Å². The number of aromatic amines is 1. The highest BCUT2D eigenvalue weighted by atomic mass is 15.1. The summed E-state index contributed by atoms with van der Waals surface area (Å²) < 4.78 is 0.